The first-order valence-corrected chi connectivity index (χ1v) is 6.96. The van der Waals surface area contributed by atoms with Crippen molar-refractivity contribution >= 4 is 11.8 Å². The number of hydrogen-bond donors (Lipinski definition) is 2. The predicted octanol–water partition coefficient (Wildman–Crippen LogP) is -0.748. The smallest absolute Gasteiger partial charge is 0.236 e. The van der Waals surface area contributed by atoms with Crippen LogP contribution in [0.5, 0.6) is 0 Å². The topological polar surface area (TPSA) is 78.7 Å². The van der Waals surface area contributed by atoms with E-state index in [9.17, 15) is 9.59 Å². The minimum atomic E-state index is 0.0147. The Morgan fingerprint density at radius 2 is 2.21 bits per heavy atom. The highest BCUT2D eigenvalue weighted by Crippen LogP contribution is 2.16. The molecular formula is C13H26N4O2. The minimum absolute atomic E-state index is 0.0147. The van der Waals surface area contributed by atoms with Gasteiger partial charge in [-0.1, -0.05) is 0 Å². The summed E-state index contributed by atoms with van der Waals surface area (Å²) in [5.74, 6) is 0.195. The van der Waals surface area contributed by atoms with E-state index in [1.165, 1.54) is 0 Å². The molecule has 3 N–H and O–H groups in total. The van der Waals surface area contributed by atoms with Crippen LogP contribution >= 0.6 is 0 Å². The monoisotopic (exact) mass is 270 g/mol. The lowest BCUT2D eigenvalue weighted by Gasteiger charge is -2.32. The molecule has 0 aromatic heterocycles. The summed E-state index contributed by atoms with van der Waals surface area (Å²) < 4.78 is 0. The van der Waals surface area contributed by atoms with Gasteiger partial charge in [-0.15, -0.1) is 0 Å². The molecule has 0 radical (unpaired) electrons. The molecule has 1 rings (SSSR count). The molecule has 0 aliphatic carbocycles. The van der Waals surface area contributed by atoms with Gasteiger partial charge in [-0.2, -0.15) is 0 Å². The van der Waals surface area contributed by atoms with Crippen LogP contribution in [-0.2, 0) is 9.59 Å². The number of hydrogen-bond acceptors (Lipinski definition) is 4. The Bertz CT molecular complexity index is 309. The highest BCUT2D eigenvalue weighted by molar-refractivity contribution is 5.79. The molecule has 19 heavy (non-hydrogen) atoms. The number of nitrogens with zero attached hydrogens (tertiary/aromatic N) is 2. The van der Waals surface area contributed by atoms with Gasteiger partial charge in [0, 0.05) is 27.2 Å². The number of rotatable bonds is 6. The van der Waals surface area contributed by atoms with Crippen molar-refractivity contribution in [3.63, 3.8) is 0 Å². The minimum Gasteiger partial charge on any atom is -0.359 e. The number of nitrogens with one attached hydrogen (secondary N) is 1. The lowest BCUT2D eigenvalue weighted by atomic mass is 9.97. The second-order valence-electron chi connectivity index (χ2n) is 5.15. The van der Waals surface area contributed by atoms with Gasteiger partial charge < -0.3 is 16.0 Å². The number of piperidine rings is 1. The van der Waals surface area contributed by atoms with E-state index in [0.717, 1.165) is 25.8 Å². The van der Waals surface area contributed by atoms with Crippen LogP contribution in [0.1, 0.15) is 19.3 Å². The number of carbonyl (C=O) groups excluding carboxylic acids is 2. The van der Waals surface area contributed by atoms with Gasteiger partial charge in [0.2, 0.25) is 11.8 Å². The third kappa shape index (κ3) is 5.16. The second-order valence-corrected chi connectivity index (χ2v) is 5.15. The summed E-state index contributed by atoms with van der Waals surface area (Å²) in [6.07, 6.45) is 2.70. The molecule has 1 fully saturated rings. The van der Waals surface area contributed by atoms with E-state index in [1.807, 2.05) is 0 Å². The fraction of sp³-hybridized carbons (Fsp3) is 0.846. The van der Waals surface area contributed by atoms with Gasteiger partial charge >= 0.3 is 0 Å². The molecule has 0 bridgehead atoms. The molecule has 1 aliphatic rings. The molecule has 1 aliphatic heterocycles. The molecule has 0 aromatic carbocycles. The van der Waals surface area contributed by atoms with Crippen molar-refractivity contribution < 1.29 is 9.59 Å². The molecule has 1 saturated heterocycles. The van der Waals surface area contributed by atoms with Gasteiger partial charge in [0.25, 0.3) is 0 Å². The third-order valence-corrected chi connectivity index (χ3v) is 3.60. The fourth-order valence-corrected chi connectivity index (χ4v) is 2.38. The number of nitrogens with two attached hydrogens (primary N) is 1. The number of carbonyl (C=O) groups is 2. The maximum atomic E-state index is 12.0. The normalized spacial score (nSPS) is 20.1. The van der Waals surface area contributed by atoms with Crippen molar-refractivity contribution in [2.45, 2.75) is 19.3 Å². The lowest BCUT2D eigenvalue weighted by molar-refractivity contribution is -0.133. The zero-order chi connectivity index (χ0) is 14.3. The SMILES string of the molecule is CNC(=O)C1CCCN(CC(=O)N(C)CCCN)C1. The molecule has 6 heteroatoms. The van der Waals surface area contributed by atoms with Gasteiger partial charge in [-0.3, -0.25) is 14.5 Å². The van der Waals surface area contributed by atoms with Gasteiger partial charge in [0.1, 0.15) is 0 Å². The first-order valence-electron chi connectivity index (χ1n) is 6.96. The maximum absolute atomic E-state index is 12.0. The summed E-state index contributed by atoms with van der Waals surface area (Å²) in [5, 5.41) is 2.68. The second kappa shape index (κ2) is 8.12. The van der Waals surface area contributed by atoms with Crippen LogP contribution in [-0.4, -0.2) is 68.4 Å². The van der Waals surface area contributed by atoms with Crippen LogP contribution in [0.3, 0.4) is 0 Å². The lowest BCUT2D eigenvalue weighted by Crippen LogP contribution is -2.46. The molecule has 0 aromatic rings. The Hall–Kier alpha value is -1.14. The Labute approximate surface area is 115 Å². The van der Waals surface area contributed by atoms with Crippen molar-refractivity contribution in [2.75, 3.05) is 46.8 Å². The predicted molar refractivity (Wildman–Crippen MR) is 74.5 cm³/mol. The zero-order valence-corrected chi connectivity index (χ0v) is 12.0. The van der Waals surface area contributed by atoms with E-state index < -0.39 is 0 Å². The van der Waals surface area contributed by atoms with E-state index in [0.29, 0.717) is 26.2 Å². The largest absolute Gasteiger partial charge is 0.359 e. The van der Waals surface area contributed by atoms with Gasteiger partial charge in [-0.25, -0.2) is 0 Å². The number of likely N-dealkylation sites (N-methyl/N-ethyl adjacent to an activating group) is 1. The zero-order valence-electron chi connectivity index (χ0n) is 12.0. The van der Waals surface area contributed by atoms with Crippen molar-refractivity contribution in [2.24, 2.45) is 11.7 Å². The fourth-order valence-electron chi connectivity index (χ4n) is 2.38. The van der Waals surface area contributed by atoms with E-state index in [-0.39, 0.29) is 17.7 Å². The summed E-state index contributed by atoms with van der Waals surface area (Å²) in [5.41, 5.74) is 5.44. The molecular weight excluding hydrogens is 244 g/mol. The van der Waals surface area contributed by atoms with Crippen molar-refractivity contribution in [1.82, 2.24) is 15.1 Å². The summed E-state index contributed by atoms with van der Waals surface area (Å²) >= 11 is 0. The van der Waals surface area contributed by atoms with Crippen LogP contribution in [0.15, 0.2) is 0 Å². The summed E-state index contributed by atoms with van der Waals surface area (Å²) in [4.78, 5) is 27.4. The average Bonchev–Trinajstić information content (AvgIpc) is 2.44. The van der Waals surface area contributed by atoms with E-state index in [2.05, 4.69) is 10.2 Å². The third-order valence-electron chi connectivity index (χ3n) is 3.60. The van der Waals surface area contributed by atoms with Gasteiger partial charge in [0.15, 0.2) is 0 Å². The standard InChI is InChI=1S/C13H26N4O2/c1-15-13(19)11-5-3-8-17(9-11)10-12(18)16(2)7-4-6-14/h11H,3-10,14H2,1-2H3,(H,15,19). The van der Waals surface area contributed by atoms with E-state index >= 15 is 0 Å². The number of likely N-dealkylation sites (tertiary alicyclic amines) is 1. The van der Waals surface area contributed by atoms with Crippen LogP contribution in [0.25, 0.3) is 0 Å². The first-order chi connectivity index (χ1) is 9.08. The summed E-state index contributed by atoms with van der Waals surface area (Å²) in [7, 11) is 3.46. The molecule has 0 saturated carbocycles. The van der Waals surface area contributed by atoms with Gasteiger partial charge in [0.05, 0.1) is 12.5 Å². The number of amides is 2. The summed E-state index contributed by atoms with van der Waals surface area (Å²) in [6.45, 7) is 3.26. The highest BCUT2D eigenvalue weighted by atomic mass is 16.2. The molecule has 1 heterocycles. The molecule has 2 amide bonds. The molecule has 1 unspecified atom stereocenters. The van der Waals surface area contributed by atoms with Crippen molar-refractivity contribution in [3.05, 3.63) is 0 Å². The maximum Gasteiger partial charge on any atom is 0.236 e. The Kier molecular flexibility index (Phi) is 6.80. The van der Waals surface area contributed by atoms with Crippen molar-refractivity contribution in [1.29, 1.82) is 0 Å². The highest BCUT2D eigenvalue weighted by Gasteiger charge is 2.26. The Balaban J connectivity index is 2.39. The molecule has 0 spiro atoms. The summed E-state index contributed by atoms with van der Waals surface area (Å²) in [6, 6.07) is 0. The first kappa shape index (κ1) is 15.9. The molecule has 6 nitrogen and oxygen atoms in total. The van der Waals surface area contributed by atoms with Crippen molar-refractivity contribution in [3.8, 4) is 0 Å². The van der Waals surface area contributed by atoms with E-state index in [4.69, 9.17) is 5.73 Å². The molecule has 110 valence electrons. The van der Waals surface area contributed by atoms with Crippen LogP contribution in [0.2, 0.25) is 0 Å². The Morgan fingerprint density at radius 3 is 2.84 bits per heavy atom. The van der Waals surface area contributed by atoms with Gasteiger partial charge in [-0.05, 0) is 32.4 Å². The van der Waals surface area contributed by atoms with Crippen LogP contribution in [0, 0.1) is 5.92 Å². The van der Waals surface area contributed by atoms with Crippen LogP contribution < -0.4 is 11.1 Å². The Morgan fingerprint density at radius 1 is 1.47 bits per heavy atom. The van der Waals surface area contributed by atoms with E-state index in [1.54, 1.807) is 19.0 Å². The average molecular weight is 270 g/mol. The molecule has 1 atom stereocenters. The quantitative estimate of drug-likeness (QED) is 0.666. The van der Waals surface area contributed by atoms with Crippen LogP contribution in [0.4, 0.5) is 0 Å².